The van der Waals surface area contributed by atoms with E-state index in [-0.39, 0.29) is 16.6 Å². The summed E-state index contributed by atoms with van der Waals surface area (Å²) in [5, 5.41) is 8.83. The van der Waals surface area contributed by atoms with Gasteiger partial charge in [0.15, 0.2) is 0 Å². The number of carbonyl (C=O) groups is 1. The second kappa shape index (κ2) is 7.05. The van der Waals surface area contributed by atoms with E-state index in [1.165, 1.54) is 16.0 Å². The molecule has 1 aliphatic rings. The van der Waals surface area contributed by atoms with E-state index in [4.69, 9.17) is 5.11 Å². The van der Waals surface area contributed by atoms with E-state index in [2.05, 4.69) is 63.6 Å². The van der Waals surface area contributed by atoms with Gasteiger partial charge < -0.3 is 5.11 Å². The first kappa shape index (κ1) is 19.5. The van der Waals surface area contributed by atoms with Crippen molar-refractivity contribution in [1.29, 1.82) is 0 Å². The van der Waals surface area contributed by atoms with Gasteiger partial charge in [0.2, 0.25) is 0 Å². The maximum absolute atomic E-state index is 10.8. The zero-order valence-corrected chi connectivity index (χ0v) is 17.3. The highest BCUT2D eigenvalue weighted by Crippen LogP contribution is 2.51. The van der Waals surface area contributed by atoms with Gasteiger partial charge in [0.1, 0.15) is 5.69 Å². The summed E-state index contributed by atoms with van der Waals surface area (Å²) in [5.41, 5.74) is 5.01. The number of fused-ring (bicyclic) bond motifs is 1. The van der Waals surface area contributed by atoms with Crippen molar-refractivity contribution in [1.82, 2.24) is 4.98 Å². The summed E-state index contributed by atoms with van der Waals surface area (Å²) < 4.78 is 0.234. The maximum Gasteiger partial charge on any atom is 0.307 e. The van der Waals surface area contributed by atoms with E-state index in [0.717, 1.165) is 12.0 Å². The molecule has 140 valence electrons. The fourth-order valence-electron chi connectivity index (χ4n) is 3.83. The van der Waals surface area contributed by atoms with Gasteiger partial charge in [0.05, 0.1) is 6.42 Å². The molecule has 0 unspecified atom stereocenters. The highest BCUT2D eigenvalue weighted by Gasteiger charge is 2.38. The molecule has 0 atom stereocenters. The third kappa shape index (κ3) is 4.54. The van der Waals surface area contributed by atoms with Crippen LogP contribution in [0.15, 0.2) is 35.4 Å². The van der Waals surface area contributed by atoms with Crippen LogP contribution < -0.4 is 0 Å². The van der Waals surface area contributed by atoms with Gasteiger partial charge in [-0.2, -0.15) is 0 Å². The summed E-state index contributed by atoms with van der Waals surface area (Å²) in [7, 11) is 0. The monoisotopic (exact) mass is 379 g/mol. The average Bonchev–Trinajstić information content (AvgIpc) is 2.52. The molecule has 0 saturated heterocycles. The minimum Gasteiger partial charge on any atom is -0.481 e. The largest absolute Gasteiger partial charge is 0.481 e. The van der Waals surface area contributed by atoms with Crippen LogP contribution in [0, 0.1) is 18.8 Å². The predicted molar refractivity (Wildman–Crippen MR) is 110 cm³/mol. The molecule has 0 fully saturated rings. The number of aliphatic carboxylic acids is 1. The maximum atomic E-state index is 10.8. The second-order valence-corrected chi connectivity index (χ2v) is 10.2. The van der Waals surface area contributed by atoms with E-state index >= 15 is 0 Å². The first-order valence-electron chi connectivity index (χ1n) is 9.09. The molecule has 1 aromatic carbocycles. The number of aryl methyl sites for hydroxylation is 1. The Balaban J connectivity index is 1.92. The van der Waals surface area contributed by atoms with Gasteiger partial charge in [-0.1, -0.05) is 39.7 Å². The van der Waals surface area contributed by atoms with Crippen molar-refractivity contribution in [2.24, 2.45) is 0 Å². The van der Waals surface area contributed by atoms with Crippen molar-refractivity contribution in [2.45, 2.75) is 62.5 Å². The number of hydrogen-bond donors (Lipinski definition) is 1. The number of carboxylic acid groups (broad SMARTS) is 1. The van der Waals surface area contributed by atoms with Gasteiger partial charge in [-0.15, -0.1) is 11.8 Å². The van der Waals surface area contributed by atoms with Gasteiger partial charge in [0.25, 0.3) is 0 Å². The van der Waals surface area contributed by atoms with Crippen molar-refractivity contribution in [3.05, 3.63) is 58.4 Å². The molecule has 3 rings (SSSR count). The van der Waals surface area contributed by atoms with Gasteiger partial charge >= 0.3 is 5.97 Å². The fraction of sp³-hybridized carbons (Fsp3) is 0.391. The van der Waals surface area contributed by atoms with E-state index in [9.17, 15) is 4.79 Å². The van der Waals surface area contributed by atoms with Crippen molar-refractivity contribution in [2.75, 3.05) is 0 Å². The van der Waals surface area contributed by atoms with Crippen molar-refractivity contribution >= 4 is 17.7 Å². The first-order chi connectivity index (χ1) is 12.6. The topological polar surface area (TPSA) is 50.2 Å². The zero-order valence-electron chi connectivity index (χ0n) is 16.5. The Hall–Kier alpha value is -2.25. The first-order valence-corrected chi connectivity index (χ1v) is 9.90. The molecule has 0 aliphatic carbocycles. The summed E-state index contributed by atoms with van der Waals surface area (Å²) in [6, 6.07) is 8.04. The molecule has 0 radical (unpaired) electrons. The van der Waals surface area contributed by atoms with E-state index in [0.29, 0.717) is 11.3 Å². The van der Waals surface area contributed by atoms with Gasteiger partial charge in [-0.3, -0.25) is 4.79 Å². The van der Waals surface area contributed by atoms with Crippen molar-refractivity contribution in [3.63, 3.8) is 0 Å². The second-order valence-electron chi connectivity index (χ2n) is 8.46. The van der Waals surface area contributed by atoms with Gasteiger partial charge in [-0.25, -0.2) is 4.98 Å². The van der Waals surface area contributed by atoms with Gasteiger partial charge in [0, 0.05) is 21.4 Å². The predicted octanol–water partition coefficient (Wildman–Crippen LogP) is 4.97. The van der Waals surface area contributed by atoms with Crippen LogP contribution in [-0.4, -0.2) is 20.8 Å². The summed E-state index contributed by atoms with van der Waals surface area (Å²) in [4.78, 5) is 16.4. The van der Waals surface area contributed by atoms with Crippen LogP contribution in [0.2, 0.25) is 0 Å². The van der Waals surface area contributed by atoms with Crippen LogP contribution in [0.5, 0.6) is 0 Å². The summed E-state index contributed by atoms with van der Waals surface area (Å²) in [5.74, 6) is 5.52. The lowest BCUT2D eigenvalue weighted by atomic mass is 9.76. The smallest absolute Gasteiger partial charge is 0.307 e. The van der Waals surface area contributed by atoms with E-state index in [1.807, 2.05) is 11.8 Å². The van der Waals surface area contributed by atoms with E-state index < -0.39 is 5.97 Å². The number of pyridine rings is 1. The summed E-state index contributed by atoms with van der Waals surface area (Å²) >= 11 is 1.95. The summed E-state index contributed by atoms with van der Waals surface area (Å²) in [6.07, 6.45) is 2.69. The molecule has 0 spiro atoms. The minimum absolute atomic E-state index is 0.0201. The fourth-order valence-corrected chi connectivity index (χ4v) is 5.54. The van der Waals surface area contributed by atoms with Crippen LogP contribution in [0.1, 0.15) is 62.1 Å². The number of carboxylic acids is 1. The number of rotatable bonds is 2. The highest BCUT2D eigenvalue weighted by molar-refractivity contribution is 8.00. The van der Waals surface area contributed by atoms with Crippen molar-refractivity contribution < 1.29 is 9.90 Å². The molecule has 3 nitrogen and oxygen atoms in total. The normalized spacial score (nSPS) is 16.8. The molecule has 2 heterocycles. The molecule has 1 N–H and O–H groups in total. The van der Waals surface area contributed by atoms with Crippen LogP contribution in [0.25, 0.3) is 0 Å². The molecular weight excluding hydrogens is 354 g/mol. The number of nitrogens with zero attached hydrogens (tertiary/aromatic N) is 1. The van der Waals surface area contributed by atoms with E-state index in [1.54, 1.807) is 18.3 Å². The van der Waals surface area contributed by atoms with Crippen molar-refractivity contribution in [3.8, 4) is 11.8 Å². The molecule has 2 aromatic rings. The lowest BCUT2D eigenvalue weighted by Gasteiger charge is -2.42. The number of hydrogen-bond acceptors (Lipinski definition) is 3. The Morgan fingerprint density at radius 1 is 1.22 bits per heavy atom. The van der Waals surface area contributed by atoms with Crippen LogP contribution >= 0.6 is 11.8 Å². The molecule has 1 aromatic heterocycles. The average molecular weight is 380 g/mol. The Morgan fingerprint density at radius 2 is 1.96 bits per heavy atom. The molecule has 0 saturated carbocycles. The standard InChI is InChI=1S/C23H25NO2S/c1-15-10-20-19(22(2,3)14-23(4,5)27-20)12-17(15)7-9-18-8-6-16(13-24-18)11-21(25)26/h6,8,10,12-13H,11,14H2,1-5H3,(H,25,26). The number of aromatic nitrogens is 1. The molecule has 1 aliphatic heterocycles. The number of thioether (sulfide) groups is 1. The Labute approximate surface area is 165 Å². The molecule has 4 heteroatoms. The van der Waals surface area contributed by atoms with Crippen LogP contribution in [0.3, 0.4) is 0 Å². The van der Waals surface area contributed by atoms with Crippen LogP contribution in [-0.2, 0) is 16.6 Å². The number of benzene rings is 1. The highest BCUT2D eigenvalue weighted by atomic mass is 32.2. The van der Waals surface area contributed by atoms with Crippen LogP contribution in [0.4, 0.5) is 0 Å². The Morgan fingerprint density at radius 3 is 2.59 bits per heavy atom. The summed E-state index contributed by atoms with van der Waals surface area (Å²) in [6.45, 7) is 11.3. The minimum atomic E-state index is -0.857. The third-order valence-corrected chi connectivity index (χ3v) is 6.07. The molecule has 27 heavy (non-hydrogen) atoms. The Kier molecular flexibility index (Phi) is 5.10. The SMILES string of the molecule is Cc1cc2c(cc1C#Cc1ccc(CC(=O)O)cn1)C(C)(C)CC(C)(C)S2. The molecule has 0 bridgehead atoms. The van der Waals surface area contributed by atoms with Gasteiger partial charge in [-0.05, 0) is 59.6 Å². The quantitative estimate of drug-likeness (QED) is 0.749. The lowest BCUT2D eigenvalue weighted by Crippen LogP contribution is -2.33. The molecule has 0 amide bonds. The zero-order chi connectivity index (χ0) is 19.8. The lowest BCUT2D eigenvalue weighted by molar-refractivity contribution is -0.136. The Bertz CT molecular complexity index is 947. The molecular formula is C23H25NO2S. The third-order valence-electron chi connectivity index (χ3n) is 4.81.